The van der Waals surface area contributed by atoms with Crippen LogP contribution in [0.4, 0.5) is 5.69 Å². The summed E-state index contributed by atoms with van der Waals surface area (Å²) < 4.78 is 0.756. The molecule has 0 unspecified atom stereocenters. The average molecular weight is 553 g/mol. The largest absolute Gasteiger partial charge is 0.322 e. The number of halogens is 4. The number of thiophene rings is 1. The van der Waals surface area contributed by atoms with Crippen LogP contribution in [0.2, 0.25) is 20.1 Å². The smallest absolute Gasteiger partial charge is 0.281 e. The Morgan fingerprint density at radius 2 is 1.35 bits per heavy atom. The maximum atomic E-state index is 12.5. The molecule has 34 heavy (non-hydrogen) atoms. The first-order chi connectivity index (χ1) is 16.2. The van der Waals surface area contributed by atoms with Crippen molar-refractivity contribution in [3.8, 4) is 0 Å². The summed E-state index contributed by atoms with van der Waals surface area (Å²) in [4.78, 5) is 37.6. The van der Waals surface area contributed by atoms with Gasteiger partial charge in [0.2, 0.25) is 0 Å². The van der Waals surface area contributed by atoms with Crippen molar-refractivity contribution in [1.82, 2.24) is 10.9 Å². The fourth-order valence-electron chi connectivity index (χ4n) is 3.00. The highest BCUT2D eigenvalue weighted by molar-refractivity contribution is 7.21. The van der Waals surface area contributed by atoms with Crippen molar-refractivity contribution in [2.45, 2.75) is 0 Å². The highest BCUT2D eigenvalue weighted by Crippen LogP contribution is 2.36. The first kappa shape index (κ1) is 24.3. The number of fused-ring (bicyclic) bond motifs is 1. The number of hydrogen-bond donors (Lipinski definition) is 3. The number of amides is 3. The first-order valence-electron chi connectivity index (χ1n) is 9.57. The van der Waals surface area contributed by atoms with Gasteiger partial charge in [0.15, 0.2) is 0 Å². The van der Waals surface area contributed by atoms with Crippen LogP contribution < -0.4 is 16.2 Å². The second kappa shape index (κ2) is 10.2. The van der Waals surface area contributed by atoms with Gasteiger partial charge in [-0.1, -0.05) is 52.5 Å². The number of benzene rings is 3. The highest BCUT2D eigenvalue weighted by atomic mass is 35.5. The molecule has 0 saturated heterocycles. The average Bonchev–Trinajstić information content (AvgIpc) is 3.13. The van der Waals surface area contributed by atoms with Crippen molar-refractivity contribution >= 4 is 91.2 Å². The summed E-state index contributed by atoms with van der Waals surface area (Å²) in [6, 6.07) is 15.8. The molecule has 0 bridgehead atoms. The van der Waals surface area contributed by atoms with Gasteiger partial charge in [0.25, 0.3) is 17.7 Å². The van der Waals surface area contributed by atoms with E-state index in [-0.39, 0.29) is 26.0 Å². The zero-order chi connectivity index (χ0) is 24.4. The minimum Gasteiger partial charge on any atom is -0.322 e. The maximum absolute atomic E-state index is 12.5. The number of carbonyl (C=O) groups is 3. The van der Waals surface area contributed by atoms with Crippen LogP contribution in [0.1, 0.15) is 30.4 Å². The van der Waals surface area contributed by atoms with Crippen molar-refractivity contribution in [1.29, 1.82) is 0 Å². The molecule has 1 heterocycles. The molecule has 3 aromatic carbocycles. The predicted octanol–water partition coefficient (Wildman–Crippen LogP) is 6.84. The Hall–Kier alpha value is -2.81. The van der Waals surface area contributed by atoms with E-state index in [2.05, 4.69) is 16.2 Å². The molecule has 0 fully saturated rings. The van der Waals surface area contributed by atoms with Crippen LogP contribution >= 0.6 is 57.7 Å². The fraction of sp³-hybridized carbons (Fsp3) is 0. The highest BCUT2D eigenvalue weighted by Gasteiger charge is 2.18. The van der Waals surface area contributed by atoms with Crippen LogP contribution in [-0.2, 0) is 0 Å². The number of hydrazine groups is 1. The van der Waals surface area contributed by atoms with Gasteiger partial charge in [0, 0.05) is 31.4 Å². The molecule has 0 aliphatic carbocycles. The molecule has 172 valence electrons. The van der Waals surface area contributed by atoms with Gasteiger partial charge < -0.3 is 5.32 Å². The Bertz CT molecular complexity index is 1440. The van der Waals surface area contributed by atoms with E-state index >= 15 is 0 Å². The van der Waals surface area contributed by atoms with Crippen molar-refractivity contribution in [2.75, 3.05) is 5.32 Å². The molecule has 0 saturated carbocycles. The Morgan fingerprint density at radius 3 is 2.06 bits per heavy atom. The molecule has 0 aliphatic rings. The molecule has 1 aromatic heterocycles. The van der Waals surface area contributed by atoms with E-state index in [9.17, 15) is 14.4 Å². The standard InChI is InChI=1S/C23H13Cl4N3O3S/c24-12-3-7-15(17(26)9-12)22(32)28-14-5-1-11(2-6-14)21(31)29-30-23(33)20-19(27)16-8-4-13(25)10-18(16)34-20/h1-10H,(H,28,32)(H,29,31)(H,30,33). The zero-order valence-electron chi connectivity index (χ0n) is 16.9. The molecule has 4 rings (SSSR count). The number of nitrogens with one attached hydrogen (secondary N) is 3. The normalized spacial score (nSPS) is 10.7. The lowest BCUT2D eigenvalue weighted by molar-refractivity contribution is 0.0849. The Morgan fingerprint density at radius 1 is 0.706 bits per heavy atom. The van der Waals surface area contributed by atoms with Gasteiger partial charge in [-0.3, -0.25) is 25.2 Å². The number of carbonyl (C=O) groups excluding carboxylic acids is 3. The zero-order valence-corrected chi connectivity index (χ0v) is 20.8. The van der Waals surface area contributed by atoms with E-state index in [0.29, 0.717) is 21.1 Å². The van der Waals surface area contributed by atoms with Crippen LogP contribution in [-0.4, -0.2) is 17.7 Å². The van der Waals surface area contributed by atoms with Crippen molar-refractivity contribution in [3.05, 3.63) is 96.8 Å². The van der Waals surface area contributed by atoms with E-state index in [1.54, 1.807) is 36.4 Å². The van der Waals surface area contributed by atoms with E-state index in [1.807, 2.05) is 0 Å². The number of rotatable bonds is 4. The van der Waals surface area contributed by atoms with Crippen LogP contribution in [0.3, 0.4) is 0 Å². The van der Waals surface area contributed by atoms with Gasteiger partial charge in [0.05, 0.1) is 15.6 Å². The molecule has 3 amide bonds. The monoisotopic (exact) mass is 551 g/mol. The Balaban J connectivity index is 1.38. The summed E-state index contributed by atoms with van der Waals surface area (Å²) in [5, 5.41) is 4.84. The summed E-state index contributed by atoms with van der Waals surface area (Å²) in [6.07, 6.45) is 0. The number of anilines is 1. The van der Waals surface area contributed by atoms with E-state index in [0.717, 1.165) is 16.0 Å². The summed E-state index contributed by atoms with van der Waals surface area (Å²) >= 11 is 25.4. The van der Waals surface area contributed by atoms with Crippen molar-refractivity contribution in [3.63, 3.8) is 0 Å². The molecule has 0 aliphatic heterocycles. The Kier molecular flexibility index (Phi) is 7.30. The lowest BCUT2D eigenvalue weighted by Crippen LogP contribution is -2.41. The number of hydrogen-bond acceptors (Lipinski definition) is 4. The van der Waals surface area contributed by atoms with Crippen LogP contribution in [0.5, 0.6) is 0 Å². The third-order valence-corrected chi connectivity index (χ3v) is 7.11. The van der Waals surface area contributed by atoms with Crippen molar-refractivity contribution < 1.29 is 14.4 Å². The first-order valence-corrected chi connectivity index (χ1v) is 11.9. The molecule has 6 nitrogen and oxygen atoms in total. The molecule has 0 spiro atoms. The fourth-order valence-corrected chi connectivity index (χ4v) is 5.19. The van der Waals surface area contributed by atoms with Crippen LogP contribution in [0.25, 0.3) is 10.1 Å². The van der Waals surface area contributed by atoms with Crippen LogP contribution in [0, 0.1) is 0 Å². The van der Waals surface area contributed by atoms with Gasteiger partial charge in [-0.2, -0.15) is 0 Å². The van der Waals surface area contributed by atoms with Crippen molar-refractivity contribution in [2.24, 2.45) is 0 Å². The molecule has 11 heteroatoms. The van der Waals surface area contributed by atoms with Gasteiger partial charge in [0.1, 0.15) is 4.88 Å². The predicted molar refractivity (Wildman–Crippen MR) is 138 cm³/mol. The summed E-state index contributed by atoms with van der Waals surface area (Å²) in [5.74, 6) is -1.53. The maximum Gasteiger partial charge on any atom is 0.281 e. The van der Waals surface area contributed by atoms with E-state index in [1.165, 1.54) is 24.3 Å². The minimum absolute atomic E-state index is 0.221. The lowest BCUT2D eigenvalue weighted by atomic mass is 10.1. The van der Waals surface area contributed by atoms with Gasteiger partial charge in [-0.15, -0.1) is 11.3 Å². The molecular weight excluding hydrogens is 540 g/mol. The third kappa shape index (κ3) is 5.29. The minimum atomic E-state index is -0.556. The van der Waals surface area contributed by atoms with E-state index < -0.39 is 17.7 Å². The summed E-state index contributed by atoms with van der Waals surface area (Å²) in [7, 11) is 0. The Labute approximate surface area is 217 Å². The molecule has 0 radical (unpaired) electrons. The second-order valence-electron chi connectivity index (χ2n) is 6.95. The van der Waals surface area contributed by atoms with Gasteiger partial charge in [-0.25, -0.2) is 0 Å². The van der Waals surface area contributed by atoms with E-state index in [4.69, 9.17) is 46.4 Å². The topological polar surface area (TPSA) is 87.3 Å². The summed E-state index contributed by atoms with van der Waals surface area (Å²) in [5.41, 5.74) is 5.67. The quantitative estimate of drug-likeness (QED) is 0.242. The van der Waals surface area contributed by atoms with Crippen LogP contribution in [0.15, 0.2) is 60.7 Å². The molecule has 3 N–H and O–H groups in total. The molecular formula is C23H13Cl4N3O3S. The van der Waals surface area contributed by atoms with Gasteiger partial charge in [-0.05, 0) is 54.6 Å². The molecule has 0 atom stereocenters. The third-order valence-electron chi connectivity index (χ3n) is 4.67. The SMILES string of the molecule is O=C(NNC(=O)c1sc2cc(Cl)ccc2c1Cl)c1ccc(NC(=O)c2ccc(Cl)cc2Cl)cc1. The van der Waals surface area contributed by atoms with Gasteiger partial charge >= 0.3 is 0 Å². The summed E-state index contributed by atoms with van der Waals surface area (Å²) in [6.45, 7) is 0. The molecule has 4 aromatic rings. The lowest BCUT2D eigenvalue weighted by Gasteiger charge is -2.09. The second-order valence-corrected chi connectivity index (χ2v) is 9.66.